The molecule has 0 spiro atoms. The fourth-order valence-electron chi connectivity index (χ4n) is 1.22. The molecule has 0 atom stereocenters. The van der Waals surface area contributed by atoms with Gasteiger partial charge in [-0.3, -0.25) is 9.10 Å². The summed E-state index contributed by atoms with van der Waals surface area (Å²) in [7, 11) is -1.01. The van der Waals surface area contributed by atoms with Crippen LogP contribution in [-0.4, -0.2) is 29.3 Å². The molecule has 1 heterocycles. The number of nitrogens with zero attached hydrogens (tertiary/aromatic N) is 1. The Hall–Kier alpha value is -0.400. The first-order chi connectivity index (χ1) is 5.08. The molecule has 3 heteroatoms. The van der Waals surface area contributed by atoms with E-state index in [0.29, 0.717) is 5.91 Å². The topological polar surface area (TPSA) is 20.3 Å². The van der Waals surface area contributed by atoms with Gasteiger partial charge in [0.2, 0.25) is 5.91 Å². The summed E-state index contributed by atoms with van der Waals surface area (Å²) in [4.78, 5) is 11.3. The Morgan fingerprint density at radius 1 is 1.55 bits per heavy atom. The Kier molecular flexibility index (Phi) is 2.31. The lowest BCUT2D eigenvalue weighted by atomic mass is 10.4. The molecule has 0 aromatic carbocycles. The third-order valence-electron chi connectivity index (χ3n) is 2.08. The fraction of sp³-hybridized carbons (Fsp3) is 0.750. The van der Waals surface area contributed by atoms with Gasteiger partial charge in [-0.2, -0.15) is 0 Å². The van der Waals surface area contributed by atoms with Crippen LogP contribution in [0.1, 0.15) is 19.8 Å². The summed E-state index contributed by atoms with van der Waals surface area (Å²) in [6, 6.07) is 0. The van der Waals surface area contributed by atoms with Crippen molar-refractivity contribution in [3.63, 3.8) is 0 Å². The summed E-state index contributed by atoms with van der Waals surface area (Å²) in [5.41, 5.74) is 0. The maximum absolute atomic E-state index is 11.3. The maximum Gasteiger partial charge on any atom is 0.231 e. The monoisotopic (exact) mass is 173 g/mol. The van der Waals surface area contributed by atoms with Gasteiger partial charge in [-0.25, -0.2) is 0 Å². The molecule has 1 saturated heterocycles. The van der Waals surface area contributed by atoms with E-state index in [4.69, 9.17) is 0 Å². The number of hydrogen-bond acceptors (Lipinski definition) is 1. The van der Waals surface area contributed by atoms with Crippen molar-refractivity contribution in [3.8, 4) is 5.18 Å². The van der Waals surface area contributed by atoms with Gasteiger partial charge < -0.3 is 0 Å². The maximum atomic E-state index is 11.3. The molecule has 11 heavy (non-hydrogen) atoms. The molecule has 0 aromatic heterocycles. The van der Waals surface area contributed by atoms with Gasteiger partial charge in [-0.15, -0.1) is 14.8 Å². The average Bonchev–Trinajstić information content (AvgIpc) is 2.36. The minimum atomic E-state index is -1.01. The molecular formula is C8H15NOS. The van der Waals surface area contributed by atoms with Crippen molar-refractivity contribution in [2.75, 3.05) is 19.1 Å². The smallest absolute Gasteiger partial charge is 0.231 e. The van der Waals surface area contributed by atoms with Crippen molar-refractivity contribution in [2.45, 2.75) is 19.8 Å². The summed E-state index contributed by atoms with van der Waals surface area (Å²) in [6.07, 6.45) is 5.97. The van der Waals surface area contributed by atoms with E-state index < -0.39 is 9.62 Å². The summed E-state index contributed by atoms with van der Waals surface area (Å²) in [5.74, 6) is 0.305. The summed E-state index contributed by atoms with van der Waals surface area (Å²) < 4.78 is 1.98. The lowest BCUT2D eigenvalue weighted by Gasteiger charge is -2.26. The van der Waals surface area contributed by atoms with E-state index in [1.165, 1.54) is 0 Å². The number of carbonyl (C=O) groups is 1. The molecule has 1 rings (SSSR count). The van der Waals surface area contributed by atoms with Crippen LogP contribution in [-0.2, 0) is 4.79 Å². The number of rotatable bonds is 0. The van der Waals surface area contributed by atoms with Gasteiger partial charge in [-0.1, -0.05) is 0 Å². The van der Waals surface area contributed by atoms with E-state index >= 15 is 0 Å². The number of hydrogen-bond donors (Lipinski definition) is 0. The van der Waals surface area contributed by atoms with Crippen molar-refractivity contribution < 1.29 is 4.79 Å². The Bertz CT molecular complexity index is 273. The van der Waals surface area contributed by atoms with E-state index in [9.17, 15) is 4.79 Å². The van der Waals surface area contributed by atoms with Crippen molar-refractivity contribution in [1.82, 2.24) is 4.31 Å². The van der Waals surface area contributed by atoms with Crippen molar-refractivity contribution in [1.29, 1.82) is 0 Å². The molecule has 0 bridgehead atoms. The van der Waals surface area contributed by atoms with Gasteiger partial charge in [0.25, 0.3) is 0 Å². The number of amides is 1. The molecule has 0 N–H and O–H groups in total. The summed E-state index contributed by atoms with van der Waals surface area (Å²) >= 11 is 0. The first-order valence-electron chi connectivity index (χ1n) is 3.80. The highest BCUT2D eigenvalue weighted by molar-refractivity contribution is 8.21. The third-order valence-corrected chi connectivity index (χ3v) is 4.57. The second-order valence-electron chi connectivity index (χ2n) is 3.08. The highest BCUT2D eigenvalue weighted by Gasteiger charge is 2.23. The standard InChI is InChI=1S/C8H15NOS/c1-4-11(2,3)9-7-5-6-8(9)10/h5-7H2,1-3H3. The summed E-state index contributed by atoms with van der Waals surface area (Å²) in [5, 5.41) is 3.20. The van der Waals surface area contributed by atoms with Crippen molar-refractivity contribution in [2.24, 2.45) is 0 Å². The Morgan fingerprint density at radius 2 is 2.18 bits per heavy atom. The summed E-state index contributed by atoms with van der Waals surface area (Å²) in [6.45, 7) is 2.85. The van der Waals surface area contributed by atoms with E-state index in [2.05, 4.69) is 17.7 Å². The van der Waals surface area contributed by atoms with Crippen LogP contribution < -0.4 is 0 Å². The van der Waals surface area contributed by atoms with Crippen LogP contribution in [0.2, 0.25) is 0 Å². The van der Waals surface area contributed by atoms with E-state index in [1.54, 1.807) is 0 Å². The molecule has 0 aromatic rings. The van der Waals surface area contributed by atoms with E-state index in [-0.39, 0.29) is 0 Å². The second-order valence-corrected chi connectivity index (χ2v) is 6.47. The van der Waals surface area contributed by atoms with Crippen LogP contribution in [0.3, 0.4) is 0 Å². The van der Waals surface area contributed by atoms with Crippen LogP contribution in [0.5, 0.6) is 0 Å². The average molecular weight is 173 g/mol. The predicted molar refractivity (Wildman–Crippen MR) is 49.9 cm³/mol. The highest BCUT2D eigenvalue weighted by Crippen LogP contribution is 2.33. The van der Waals surface area contributed by atoms with E-state index in [1.807, 2.05) is 11.2 Å². The van der Waals surface area contributed by atoms with Gasteiger partial charge >= 0.3 is 0 Å². The predicted octanol–water partition coefficient (Wildman–Crippen LogP) is 1.57. The molecule has 1 aliphatic rings. The van der Waals surface area contributed by atoms with Gasteiger partial charge in [0, 0.05) is 13.0 Å². The quantitative estimate of drug-likeness (QED) is 0.544. The second kappa shape index (κ2) is 2.92. The number of carbonyl (C=O) groups excluding carboxylic acids is 1. The van der Waals surface area contributed by atoms with E-state index in [0.717, 1.165) is 19.4 Å². The van der Waals surface area contributed by atoms with Crippen LogP contribution in [0, 0.1) is 5.18 Å². The van der Waals surface area contributed by atoms with Crippen LogP contribution in [0.15, 0.2) is 0 Å². The first kappa shape index (κ1) is 8.69. The Labute approximate surface area is 69.2 Å². The Morgan fingerprint density at radius 3 is 2.55 bits per heavy atom. The van der Waals surface area contributed by atoms with Gasteiger partial charge in [0.05, 0.1) is 0 Å². The molecule has 0 radical (unpaired) electrons. The van der Waals surface area contributed by atoms with Crippen LogP contribution in [0.25, 0.3) is 0 Å². The lowest BCUT2D eigenvalue weighted by molar-refractivity contribution is -0.123. The highest BCUT2D eigenvalue weighted by atomic mass is 32.2. The normalized spacial score (nSPS) is 18.8. The minimum Gasteiger partial charge on any atom is -0.296 e. The van der Waals surface area contributed by atoms with Crippen LogP contribution in [0.4, 0.5) is 0 Å². The molecule has 1 fully saturated rings. The van der Waals surface area contributed by atoms with Gasteiger partial charge in [-0.05, 0) is 25.9 Å². The Balaban J connectivity index is 2.89. The largest absolute Gasteiger partial charge is 0.296 e. The molecule has 2 nitrogen and oxygen atoms in total. The van der Waals surface area contributed by atoms with Crippen molar-refractivity contribution >= 4 is 15.5 Å². The van der Waals surface area contributed by atoms with Crippen LogP contribution >= 0.6 is 9.62 Å². The molecule has 0 saturated carbocycles. The zero-order valence-corrected chi connectivity index (χ0v) is 8.20. The SMILES string of the molecule is CC#S(C)(C)N1CCCC1=O. The molecule has 1 amide bonds. The van der Waals surface area contributed by atoms with Crippen molar-refractivity contribution in [3.05, 3.63) is 0 Å². The van der Waals surface area contributed by atoms with Gasteiger partial charge in [0.1, 0.15) is 0 Å². The zero-order valence-electron chi connectivity index (χ0n) is 7.39. The fourth-order valence-corrected chi connectivity index (χ4v) is 2.62. The molecule has 64 valence electrons. The molecule has 0 unspecified atom stereocenters. The van der Waals surface area contributed by atoms with Gasteiger partial charge in [0.15, 0.2) is 0 Å². The molecular weight excluding hydrogens is 158 g/mol. The first-order valence-corrected chi connectivity index (χ1v) is 6.21. The molecule has 0 aliphatic carbocycles. The third kappa shape index (κ3) is 1.60. The zero-order chi connectivity index (χ0) is 8.48. The minimum absolute atomic E-state index is 0.305. The lowest BCUT2D eigenvalue weighted by Crippen LogP contribution is -2.21. The molecule has 1 aliphatic heterocycles.